The summed E-state index contributed by atoms with van der Waals surface area (Å²) >= 11 is 0. The number of halogens is 3. The van der Waals surface area contributed by atoms with Gasteiger partial charge in [-0.05, 0) is 54.6 Å². The molecule has 32 heavy (non-hydrogen) atoms. The van der Waals surface area contributed by atoms with E-state index in [1.807, 2.05) is 35.0 Å². The third-order valence-corrected chi connectivity index (χ3v) is 4.52. The number of amides is 2. The summed E-state index contributed by atoms with van der Waals surface area (Å²) in [7, 11) is 1.59. The zero-order valence-electron chi connectivity index (χ0n) is 16.7. The van der Waals surface area contributed by atoms with Gasteiger partial charge in [0, 0.05) is 23.5 Å². The largest absolute Gasteiger partial charge is 0.573 e. The lowest BCUT2D eigenvalue weighted by Crippen LogP contribution is -2.21. The zero-order valence-corrected chi connectivity index (χ0v) is 16.7. The van der Waals surface area contributed by atoms with E-state index in [2.05, 4.69) is 20.4 Å². The van der Waals surface area contributed by atoms with Crippen molar-refractivity contribution in [2.24, 2.45) is 0 Å². The SMILES string of the molecule is COc1cccc2c1ccn2-c1ncccc1NC(=O)Nc1ccc(OC(F)(F)F)cc1. The van der Waals surface area contributed by atoms with Crippen molar-refractivity contribution in [3.8, 4) is 17.3 Å². The van der Waals surface area contributed by atoms with E-state index in [1.165, 1.54) is 12.1 Å². The summed E-state index contributed by atoms with van der Waals surface area (Å²) in [6.45, 7) is 0. The van der Waals surface area contributed by atoms with Gasteiger partial charge in [0.2, 0.25) is 0 Å². The fourth-order valence-corrected chi connectivity index (χ4v) is 3.21. The summed E-state index contributed by atoms with van der Waals surface area (Å²) in [5.41, 5.74) is 1.56. The standard InChI is InChI=1S/C22H17F3N4O3/c1-31-19-6-2-5-18-16(19)11-13-29(18)20-17(4-3-12-26-20)28-21(30)27-14-7-9-15(10-8-14)32-22(23,24)25/h2-13H,1H3,(H2,27,28,30). The van der Waals surface area contributed by atoms with Crippen LogP contribution in [0.3, 0.4) is 0 Å². The van der Waals surface area contributed by atoms with Crippen molar-refractivity contribution in [3.63, 3.8) is 0 Å². The number of anilines is 2. The van der Waals surface area contributed by atoms with Gasteiger partial charge in [-0.3, -0.25) is 4.57 Å². The van der Waals surface area contributed by atoms with E-state index in [4.69, 9.17) is 4.74 Å². The van der Waals surface area contributed by atoms with Gasteiger partial charge in [-0.15, -0.1) is 13.2 Å². The highest BCUT2D eigenvalue weighted by atomic mass is 19.4. The molecule has 2 amide bonds. The molecule has 10 heteroatoms. The number of hydrogen-bond acceptors (Lipinski definition) is 4. The monoisotopic (exact) mass is 442 g/mol. The average molecular weight is 442 g/mol. The lowest BCUT2D eigenvalue weighted by atomic mass is 10.2. The summed E-state index contributed by atoms with van der Waals surface area (Å²) in [6, 6.07) is 15.1. The molecule has 164 valence electrons. The number of pyridine rings is 1. The van der Waals surface area contributed by atoms with Crippen LogP contribution in [0.5, 0.6) is 11.5 Å². The van der Waals surface area contributed by atoms with Crippen LogP contribution < -0.4 is 20.1 Å². The normalized spacial score (nSPS) is 11.2. The molecule has 0 radical (unpaired) electrons. The topological polar surface area (TPSA) is 77.4 Å². The Balaban J connectivity index is 1.53. The van der Waals surface area contributed by atoms with E-state index in [0.717, 1.165) is 23.0 Å². The second-order valence-electron chi connectivity index (χ2n) is 6.60. The molecular weight excluding hydrogens is 425 g/mol. The lowest BCUT2D eigenvalue weighted by Gasteiger charge is -2.13. The molecule has 7 nitrogen and oxygen atoms in total. The van der Waals surface area contributed by atoms with Crippen LogP contribution in [0.2, 0.25) is 0 Å². The minimum Gasteiger partial charge on any atom is -0.496 e. The molecule has 0 saturated carbocycles. The van der Waals surface area contributed by atoms with Crippen LogP contribution in [0.15, 0.2) is 73.1 Å². The van der Waals surface area contributed by atoms with E-state index < -0.39 is 12.4 Å². The Morgan fingerprint density at radius 1 is 1.00 bits per heavy atom. The van der Waals surface area contributed by atoms with Crippen molar-refractivity contribution in [1.82, 2.24) is 9.55 Å². The zero-order chi connectivity index (χ0) is 22.7. The molecule has 0 aliphatic rings. The van der Waals surface area contributed by atoms with E-state index in [0.29, 0.717) is 22.9 Å². The second kappa shape index (κ2) is 8.50. The third kappa shape index (κ3) is 4.59. The summed E-state index contributed by atoms with van der Waals surface area (Å²) in [4.78, 5) is 16.9. The number of carbonyl (C=O) groups excluding carboxylic acids is 1. The van der Waals surface area contributed by atoms with E-state index >= 15 is 0 Å². The molecule has 0 spiro atoms. The molecule has 0 saturated heterocycles. The highest BCUT2D eigenvalue weighted by Crippen LogP contribution is 2.30. The van der Waals surface area contributed by atoms with Gasteiger partial charge < -0.3 is 20.1 Å². The quantitative estimate of drug-likeness (QED) is 0.423. The van der Waals surface area contributed by atoms with Gasteiger partial charge in [-0.2, -0.15) is 0 Å². The lowest BCUT2D eigenvalue weighted by molar-refractivity contribution is -0.274. The van der Waals surface area contributed by atoms with Crippen molar-refractivity contribution >= 4 is 28.3 Å². The Morgan fingerprint density at radius 3 is 2.50 bits per heavy atom. The number of rotatable bonds is 5. The number of aromatic nitrogens is 2. The Hall–Kier alpha value is -4.21. The Morgan fingerprint density at radius 2 is 1.78 bits per heavy atom. The number of nitrogens with zero attached hydrogens (tertiary/aromatic N) is 2. The molecule has 0 aliphatic heterocycles. The summed E-state index contributed by atoms with van der Waals surface area (Å²) in [5.74, 6) is 0.815. The maximum absolute atomic E-state index is 12.5. The second-order valence-corrected chi connectivity index (χ2v) is 6.60. The number of carbonyl (C=O) groups is 1. The first-order valence-electron chi connectivity index (χ1n) is 9.37. The molecule has 4 aromatic rings. The molecule has 0 atom stereocenters. The van der Waals surface area contributed by atoms with Gasteiger partial charge in [0.1, 0.15) is 11.5 Å². The Labute approximate surface area is 180 Å². The van der Waals surface area contributed by atoms with Crippen LogP contribution >= 0.6 is 0 Å². The minimum atomic E-state index is -4.78. The van der Waals surface area contributed by atoms with Gasteiger partial charge >= 0.3 is 12.4 Å². The van der Waals surface area contributed by atoms with Gasteiger partial charge in [0.15, 0.2) is 5.82 Å². The third-order valence-electron chi connectivity index (χ3n) is 4.52. The predicted octanol–water partition coefficient (Wildman–Crippen LogP) is 5.58. The van der Waals surface area contributed by atoms with Gasteiger partial charge in [0.25, 0.3) is 0 Å². The number of fused-ring (bicyclic) bond motifs is 1. The molecular formula is C22H17F3N4O3. The van der Waals surface area contributed by atoms with E-state index in [1.54, 1.807) is 25.4 Å². The first-order chi connectivity index (χ1) is 15.3. The Kier molecular flexibility index (Phi) is 5.59. The highest BCUT2D eigenvalue weighted by molar-refractivity contribution is 6.01. The smallest absolute Gasteiger partial charge is 0.496 e. The van der Waals surface area contributed by atoms with Crippen LogP contribution in [0.25, 0.3) is 16.7 Å². The fraction of sp³-hybridized carbons (Fsp3) is 0.0909. The van der Waals surface area contributed by atoms with Crippen molar-refractivity contribution in [2.45, 2.75) is 6.36 Å². The Bertz CT molecular complexity index is 1250. The molecule has 2 heterocycles. The minimum absolute atomic E-state index is 0.290. The number of ether oxygens (including phenoxy) is 2. The number of alkyl halides is 3. The molecule has 2 aromatic heterocycles. The molecule has 2 aromatic carbocycles. The van der Waals surface area contributed by atoms with Crippen LogP contribution in [-0.2, 0) is 0 Å². The van der Waals surface area contributed by atoms with Crippen LogP contribution in [0.1, 0.15) is 0 Å². The molecule has 4 rings (SSSR count). The van der Waals surface area contributed by atoms with E-state index in [9.17, 15) is 18.0 Å². The van der Waals surface area contributed by atoms with Gasteiger partial charge in [-0.25, -0.2) is 9.78 Å². The summed E-state index contributed by atoms with van der Waals surface area (Å²) in [6.07, 6.45) is -1.36. The predicted molar refractivity (Wildman–Crippen MR) is 113 cm³/mol. The molecule has 2 N–H and O–H groups in total. The maximum atomic E-state index is 12.5. The molecule has 0 fully saturated rings. The van der Waals surface area contributed by atoms with Crippen molar-refractivity contribution in [1.29, 1.82) is 0 Å². The molecule has 0 unspecified atom stereocenters. The van der Waals surface area contributed by atoms with Gasteiger partial charge in [-0.1, -0.05) is 6.07 Å². The average Bonchev–Trinajstić information content (AvgIpc) is 3.18. The summed E-state index contributed by atoms with van der Waals surface area (Å²) < 4.78 is 47.8. The number of urea groups is 1. The van der Waals surface area contributed by atoms with Crippen LogP contribution in [-0.4, -0.2) is 29.1 Å². The van der Waals surface area contributed by atoms with Gasteiger partial charge in [0.05, 0.1) is 18.3 Å². The number of nitrogens with one attached hydrogen (secondary N) is 2. The first-order valence-corrected chi connectivity index (χ1v) is 9.37. The maximum Gasteiger partial charge on any atom is 0.573 e. The number of benzene rings is 2. The van der Waals surface area contributed by atoms with Crippen LogP contribution in [0, 0.1) is 0 Å². The summed E-state index contributed by atoms with van der Waals surface area (Å²) in [5, 5.41) is 6.17. The van der Waals surface area contributed by atoms with Crippen molar-refractivity contribution in [3.05, 3.63) is 73.1 Å². The molecule has 0 bridgehead atoms. The number of methoxy groups -OCH3 is 1. The van der Waals surface area contributed by atoms with Crippen molar-refractivity contribution in [2.75, 3.05) is 17.7 Å². The number of hydrogen-bond donors (Lipinski definition) is 2. The van der Waals surface area contributed by atoms with Crippen molar-refractivity contribution < 1.29 is 27.4 Å². The first kappa shape index (κ1) is 21.0. The fourth-order valence-electron chi connectivity index (χ4n) is 3.21. The van der Waals surface area contributed by atoms with Crippen LogP contribution in [0.4, 0.5) is 29.3 Å². The highest BCUT2D eigenvalue weighted by Gasteiger charge is 2.31. The van der Waals surface area contributed by atoms with E-state index in [-0.39, 0.29) is 5.75 Å². The molecule has 0 aliphatic carbocycles.